The molecule has 0 saturated heterocycles. The molecule has 1 aliphatic heterocycles. The molecule has 3 rings (SSSR count). The lowest BCUT2D eigenvalue weighted by molar-refractivity contribution is -0.129. The van der Waals surface area contributed by atoms with Crippen molar-refractivity contribution in [2.45, 2.75) is 39.5 Å². The number of rotatable bonds is 10. The maximum Gasteiger partial charge on any atom is 0.363 e. The molecule has 30 heavy (non-hydrogen) atoms. The van der Waals surface area contributed by atoms with Gasteiger partial charge in [0.15, 0.2) is 17.2 Å². The number of hydrogen-bond acceptors (Lipinski definition) is 5. The van der Waals surface area contributed by atoms with Crippen LogP contribution in [0.2, 0.25) is 0 Å². The maximum atomic E-state index is 12.3. The average Bonchev–Trinajstić information content (AvgIpc) is 3.10. The van der Waals surface area contributed by atoms with E-state index in [1.54, 1.807) is 6.08 Å². The summed E-state index contributed by atoms with van der Waals surface area (Å²) < 4.78 is 17.9. The van der Waals surface area contributed by atoms with E-state index in [2.05, 4.69) is 27.8 Å². The van der Waals surface area contributed by atoms with Gasteiger partial charge in [0.05, 0.1) is 13.2 Å². The number of aliphatic imine (C=N–C) groups is 1. The van der Waals surface area contributed by atoms with Gasteiger partial charge in [-0.25, -0.2) is 9.79 Å². The van der Waals surface area contributed by atoms with Gasteiger partial charge in [0, 0.05) is 10.0 Å². The van der Waals surface area contributed by atoms with Crippen LogP contribution in [0.1, 0.15) is 50.7 Å². The van der Waals surface area contributed by atoms with Crippen LogP contribution in [0.4, 0.5) is 0 Å². The maximum absolute atomic E-state index is 12.3. The highest BCUT2D eigenvalue weighted by Gasteiger charge is 2.24. The Hall–Kier alpha value is -2.60. The number of hydrogen-bond donors (Lipinski definition) is 0. The van der Waals surface area contributed by atoms with Crippen LogP contribution in [-0.4, -0.2) is 25.1 Å². The van der Waals surface area contributed by atoms with E-state index in [1.165, 1.54) is 12.8 Å². The van der Waals surface area contributed by atoms with E-state index < -0.39 is 5.97 Å². The standard InChI is InChI=1S/C24H26BrNO4/c1-3-5-6-7-13-29-21-12-11-17(15-22(21)28-4-2)14-20-24(27)30-23(26-20)18-9-8-10-19(25)16-18/h8-12,14-16H,3-7,13H2,1-2H3/b20-14-. The number of carbonyl (C=O) groups excluding carboxylic acids is 1. The van der Waals surface area contributed by atoms with Gasteiger partial charge < -0.3 is 14.2 Å². The lowest BCUT2D eigenvalue weighted by Crippen LogP contribution is -2.05. The molecule has 0 N–H and O–H groups in total. The van der Waals surface area contributed by atoms with E-state index >= 15 is 0 Å². The summed E-state index contributed by atoms with van der Waals surface area (Å²) in [7, 11) is 0. The Balaban J connectivity index is 1.77. The van der Waals surface area contributed by atoms with Gasteiger partial charge in [0.25, 0.3) is 0 Å². The van der Waals surface area contributed by atoms with Gasteiger partial charge in [-0.2, -0.15) is 0 Å². The summed E-state index contributed by atoms with van der Waals surface area (Å²) in [5.74, 6) is 1.19. The van der Waals surface area contributed by atoms with E-state index in [4.69, 9.17) is 14.2 Å². The Morgan fingerprint density at radius 2 is 1.90 bits per heavy atom. The molecule has 0 spiro atoms. The van der Waals surface area contributed by atoms with Crippen molar-refractivity contribution in [3.8, 4) is 11.5 Å². The van der Waals surface area contributed by atoms with Gasteiger partial charge in [-0.05, 0) is 55.3 Å². The smallest absolute Gasteiger partial charge is 0.363 e. The van der Waals surface area contributed by atoms with E-state index in [0.29, 0.717) is 30.6 Å². The second kappa shape index (κ2) is 11.0. The molecule has 0 aliphatic carbocycles. The van der Waals surface area contributed by atoms with E-state index in [-0.39, 0.29) is 5.70 Å². The highest BCUT2D eigenvalue weighted by atomic mass is 79.9. The molecule has 0 radical (unpaired) electrons. The number of benzene rings is 2. The molecular formula is C24H26BrNO4. The van der Waals surface area contributed by atoms with Gasteiger partial charge in [0.2, 0.25) is 5.90 Å². The molecule has 2 aromatic rings. The molecule has 6 heteroatoms. The van der Waals surface area contributed by atoms with Crippen LogP contribution < -0.4 is 9.47 Å². The van der Waals surface area contributed by atoms with Gasteiger partial charge in [-0.15, -0.1) is 0 Å². The SMILES string of the molecule is CCCCCCOc1ccc(/C=C2\N=C(c3cccc(Br)c3)OC2=O)cc1OCC. The number of halogens is 1. The number of cyclic esters (lactones) is 1. The number of carbonyl (C=O) groups is 1. The lowest BCUT2D eigenvalue weighted by atomic mass is 10.1. The first-order valence-electron chi connectivity index (χ1n) is 10.3. The molecule has 0 aromatic heterocycles. The summed E-state index contributed by atoms with van der Waals surface area (Å²) in [6.45, 7) is 5.30. The van der Waals surface area contributed by atoms with E-state index in [0.717, 1.165) is 28.4 Å². The largest absolute Gasteiger partial charge is 0.490 e. The first-order chi connectivity index (χ1) is 14.6. The monoisotopic (exact) mass is 471 g/mol. The minimum absolute atomic E-state index is 0.251. The second-order valence-corrected chi connectivity index (χ2v) is 7.81. The average molecular weight is 472 g/mol. The van der Waals surface area contributed by atoms with Crippen LogP contribution in [0.5, 0.6) is 11.5 Å². The predicted octanol–water partition coefficient (Wildman–Crippen LogP) is 6.15. The molecule has 0 bridgehead atoms. The Morgan fingerprint density at radius 3 is 2.67 bits per heavy atom. The molecule has 0 amide bonds. The first-order valence-corrected chi connectivity index (χ1v) is 11.1. The normalized spacial score (nSPS) is 14.6. The second-order valence-electron chi connectivity index (χ2n) is 6.89. The zero-order chi connectivity index (χ0) is 21.3. The van der Waals surface area contributed by atoms with Gasteiger partial charge in [-0.1, -0.05) is 54.2 Å². The fourth-order valence-corrected chi connectivity index (χ4v) is 3.42. The van der Waals surface area contributed by atoms with Crippen LogP contribution in [-0.2, 0) is 9.53 Å². The Morgan fingerprint density at radius 1 is 1.03 bits per heavy atom. The van der Waals surface area contributed by atoms with Gasteiger partial charge in [0.1, 0.15) is 0 Å². The van der Waals surface area contributed by atoms with Crippen molar-refractivity contribution in [3.05, 3.63) is 63.8 Å². The molecule has 0 saturated carbocycles. The molecular weight excluding hydrogens is 446 g/mol. The Labute approximate surface area is 185 Å². The minimum Gasteiger partial charge on any atom is -0.490 e. The Kier molecular flexibility index (Phi) is 8.08. The van der Waals surface area contributed by atoms with Crippen molar-refractivity contribution in [2.24, 2.45) is 4.99 Å². The summed E-state index contributed by atoms with van der Waals surface area (Å²) >= 11 is 3.42. The summed E-state index contributed by atoms with van der Waals surface area (Å²) in [4.78, 5) is 16.6. The lowest BCUT2D eigenvalue weighted by Gasteiger charge is -2.12. The van der Waals surface area contributed by atoms with Crippen LogP contribution in [0, 0.1) is 0 Å². The summed E-state index contributed by atoms with van der Waals surface area (Å²) in [6, 6.07) is 13.1. The quantitative estimate of drug-likeness (QED) is 0.236. The van der Waals surface area contributed by atoms with Crippen LogP contribution in [0.3, 0.4) is 0 Å². The van der Waals surface area contributed by atoms with Gasteiger partial charge >= 0.3 is 5.97 Å². The van der Waals surface area contributed by atoms with Crippen molar-refractivity contribution in [1.29, 1.82) is 0 Å². The topological polar surface area (TPSA) is 57.1 Å². The van der Waals surface area contributed by atoms with Crippen molar-refractivity contribution < 1.29 is 19.0 Å². The zero-order valence-electron chi connectivity index (χ0n) is 17.3. The first kappa shape index (κ1) is 22.1. The van der Waals surface area contributed by atoms with Crippen LogP contribution in [0.15, 0.2) is 57.6 Å². The van der Waals surface area contributed by atoms with Crippen LogP contribution in [0.25, 0.3) is 6.08 Å². The van der Waals surface area contributed by atoms with E-state index in [1.807, 2.05) is 49.4 Å². The fraction of sp³-hybridized carbons (Fsp3) is 0.333. The van der Waals surface area contributed by atoms with Gasteiger partial charge in [-0.3, -0.25) is 0 Å². The molecule has 0 unspecified atom stereocenters. The molecule has 0 fully saturated rings. The molecule has 158 valence electrons. The third-order valence-electron chi connectivity index (χ3n) is 4.52. The summed E-state index contributed by atoms with van der Waals surface area (Å²) in [5, 5.41) is 0. The molecule has 5 nitrogen and oxygen atoms in total. The molecule has 1 aliphatic rings. The number of ether oxygens (including phenoxy) is 3. The number of nitrogens with zero attached hydrogens (tertiary/aromatic N) is 1. The summed E-state index contributed by atoms with van der Waals surface area (Å²) in [6.07, 6.45) is 6.28. The molecule has 0 atom stereocenters. The van der Waals surface area contributed by atoms with Crippen molar-refractivity contribution in [1.82, 2.24) is 0 Å². The third-order valence-corrected chi connectivity index (χ3v) is 5.01. The number of unbranched alkanes of at least 4 members (excludes halogenated alkanes) is 3. The number of esters is 1. The predicted molar refractivity (Wildman–Crippen MR) is 122 cm³/mol. The third kappa shape index (κ3) is 5.95. The molecule has 2 aromatic carbocycles. The van der Waals surface area contributed by atoms with E-state index in [9.17, 15) is 4.79 Å². The molecule has 1 heterocycles. The minimum atomic E-state index is -0.473. The van der Waals surface area contributed by atoms with Crippen molar-refractivity contribution >= 4 is 33.9 Å². The van der Waals surface area contributed by atoms with Crippen molar-refractivity contribution in [2.75, 3.05) is 13.2 Å². The van der Waals surface area contributed by atoms with Crippen molar-refractivity contribution in [3.63, 3.8) is 0 Å². The Bertz CT molecular complexity index is 952. The van der Waals surface area contributed by atoms with Crippen LogP contribution >= 0.6 is 15.9 Å². The highest BCUT2D eigenvalue weighted by Crippen LogP contribution is 2.30. The highest BCUT2D eigenvalue weighted by molar-refractivity contribution is 9.10. The summed E-state index contributed by atoms with van der Waals surface area (Å²) in [5.41, 5.74) is 1.78. The fourth-order valence-electron chi connectivity index (χ4n) is 3.02. The zero-order valence-corrected chi connectivity index (χ0v) is 18.9.